The van der Waals surface area contributed by atoms with Crippen LogP contribution in [0.4, 0.5) is 0 Å². The van der Waals surface area contributed by atoms with E-state index in [-0.39, 0.29) is 16.9 Å². The Hall–Kier alpha value is -2.00. The minimum absolute atomic E-state index is 0.0248. The molecule has 7 nitrogen and oxygen atoms in total. The number of aromatic amines is 4. The van der Waals surface area contributed by atoms with E-state index >= 15 is 0 Å². The summed E-state index contributed by atoms with van der Waals surface area (Å²) in [5, 5.41) is 21.1. The molecule has 5 N–H and O–H groups in total. The van der Waals surface area contributed by atoms with Crippen molar-refractivity contribution in [1.82, 2.24) is 20.4 Å². The Bertz CT molecular complexity index is 974. The number of aromatic hydroxyl groups is 1. The van der Waals surface area contributed by atoms with Gasteiger partial charge in [0.05, 0.1) is 21.5 Å². The van der Waals surface area contributed by atoms with Gasteiger partial charge in [0.25, 0.3) is 11.1 Å². The highest BCUT2D eigenvalue weighted by Crippen LogP contribution is 2.41. The van der Waals surface area contributed by atoms with Gasteiger partial charge in [-0.15, -0.1) is 0 Å². The zero-order valence-corrected chi connectivity index (χ0v) is 15.9. The number of phenols is 1. The van der Waals surface area contributed by atoms with Crippen LogP contribution in [0.15, 0.2) is 30.7 Å². The van der Waals surface area contributed by atoms with Gasteiger partial charge >= 0.3 is 0 Å². The maximum atomic E-state index is 12.3. The van der Waals surface area contributed by atoms with Gasteiger partial charge in [-0.2, -0.15) is 0 Å². The molecule has 0 saturated heterocycles. The summed E-state index contributed by atoms with van der Waals surface area (Å²) in [6, 6.07) is 3.39. The number of phenolic OH excluding ortho intramolecular Hbond substituents is 1. The summed E-state index contributed by atoms with van der Waals surface area (Å²) in [5.74, 6) is -0.757. The molecule has 24 heavy (non-hydrogen) atoms. The Labute approximate surface area is 152 Å². The number of rotatable bonds is 3. The van der Waals surface area contributed by atoms with Crippen molar-refractivity contribution >= 4 is 31.9 Å². The lowest BCUT2D eigenvalue weighted by atomic mass is 9.85. The van der Waals surface area contributed by atoms with E-state index in [4.69, 9.17) is 0 Å². The molecule has 0 bridgehead atoms. The first-order valence-corrected chi connectivity index (χ1v) is 8.62. The molecule has 9 heteroatoms. The summed E-state index contributed by atoms with van der Waals surface area (Å²) >= 11 is 6.69. The Balaban J connectivity index is 2.41. The van der Waals surface area contributed by atoms with Gasteiger partial charge in [0.15, 0.2) is 0 Å². The lowest BCUT2D eigenvalue weighted by Gasteiger charge is -2.18. The van der Waals surface area contributed by atoms with Gasteiger partial charge in [0.2, 0.25) is 0 Å². The monoisotopic (exact) mass is 456 g/mol. The second kappa shape index (κ2) is 6.14. The van der Waals surface area contributed by atoms with Crippen molar-refractivity contribution in [3.8, 4) is 5.75 Å². The summed E-state index contributed by atoms with van der Waals surface area (Å²) in [4.78, 5) is 24.7. The second-order valence-electron chi connectivity index (χ2n) is 5.49. The van der Waals surface area contributed by atoms with Gasteiger partial charge in [-0.05, 0) is 41.9 Å². The van der Waals surface area contributed by atoms with Crippen molar-refractivity contribution in [2.24, 2.45) is 0 Å². The molecule has 0 aliphatic rings. The summed E-state index contributed by atoms with van der Waals surface area (Å²) < 4.78 is 1.17. The van der Waals surface area contributed by atoms with Crippen LogP contribution in [0.2, 0.25) is 0 Å². The molecule has 0 amide bonds. The standard InChI is InChI=1S/C15H14Br2N4O3/c1-5-10(14(23)20-18-5)12(11-6(2)19-21-15(11)24)8-3-7(16)4-9(17)13(8)22/h3-4,12,22H,1-2H3,(H2,18,20,23)(H2,19,21,24). The van der Waals surface area contributed by atoms with Gasteiger partial charge < -0.3 is 15.3 Å². The van der Waals surface area contributed by atoms with Crippen molar-refractivity contribution in [1.29, 1.82) is 0 Å². The molecule has 2 aromatic heterocycles. The van der Waals surface area contributed by atoms with Crippen LogP contribution in [-0.2, 0) is 0 Å². The molecule has 3 aromatic rings. The molecule has 0 unspecified atom stereocenters. The van der Waals surface area contributed by atoms with Crippen LogP contribution in [0, 0.1) is 13.8 Å². The van der Waals surface area contributed by atoms with Crippen molar-refractivity contribution in [3.05, 3.63) is 69.9 Å². The predicted octanol–water partition coefficient (Wildman–Crippen LogP) is 2.75. The van der Waals surface area contributed by atoms with Crippen molar-refractivity contribution in [2.45, 2.75) is 19.8 Å². The summed E-state index contributed by atoms with van der Waals surface area (Å²) in [6.07, 6.45) is 0. The van der Waals surface area contributed by atoms with E-state index < -0.39 is 5.92 Å². The molecule has 1 aromatic carbocycles. The topological polar surface area (TPSA) is 118 Å². The van der Waals surface area contributed by atoms with E-state index in [9.17, 15) is 14.7 Å². The van der Waals surface area contributed by atoms with Crippen molar-refractivity contribution in [3.63, 3.8) is 0 Å². The molecular formula is C15H14Br2N4O3. The minimum atomic E-state index is -0.733. The third kappa shape index (κ3) is 2.67. The number of benzene rings is 1. The van der Waals surface area contributed by atoms with E-state index in [1.807, 2.05) is 0 Å². The van der Waals surface area contributed by atoms with E-state index in [1.54, 1.807) is 26.0 Å². The molecule has 0 atom stereocenters. The molecule has 2 heterocycles. The van der Waals surface area contributed by atoms with Crippen molar-refractivity contribution < 1.29 is 5.11 Å². The minimum Gasteiger partial charge on any atom is -0.506 e. The van der Waals surface area contributed by atoms with E-state index in [1.165, 1.54) is 0 Å². The fourth-order valence-electron chi connectivity index (χ4n) is 2.87. The lowest BCUT2D eigenvalue weighted by molar-refractivity contribution is 0.463. The first-order chi connectivity index (χ1) is 11.3. The van der Waals surface area contributed by atoms with Gasteiger partial charge in [-0.1, -0.05) is 15.9 Å². The summed E-state index contributed by atoms with van der Waals surface area (Å²) in [5.41, 5.74) is 1.71. The highest BCUT2D eigenvalue weighted by atomic mass is 79.9. The fraction of sp³-hybridized carbons (Fsp3) is 0.200. The molecule has 0 radical (unpaired) electrons. The number of aromatic nitrogens is 4. The molecule has 0 spiro atoms. The average molecular weight is 458 g/mol. The van der Waals surface area contributed by atoms with Crippen LogP contribution in [-0.4, -0.2) is 25.5 Å². The Kier molecular flexibility index (Phi) is 4.31. The summed E-state index contributed by atoms with van der Waals surface area (Å²) in [6.45, 7) is 3.47. The highest BCUT2D eigenvalue weighted by molar-refractivity contribution is 9.11. The first-order valence-electron chi connectivity index (χ1n) is 7.03. The number of aryl methyl sites for hydroxylation is 2. The third-order valence-electron chi connectivity index (χ3n) is 3.97. The van der Waals surface area contributed by atoms with Crippen LogP contribution >= 0.6 is 31.9 Å². The zero-order chi connectivity index (χ0) is 17.6. The largest absolute Gasteiger partial charge is 0.506 e. The molecule has 0 aliphatic carbocycles. The smallest absolute Gasteiger partial charge is 0.268 e. The van der Waals surface area contributed by atoms with Gasteiger partial charge in [-0.25, -0.2) is 0 Å². The predicted molar refractivity (Wildman–Crippen MR) is 96.8 cm³/mol. The Morgan fingerprint density at radius 2 is 1.42 bits per heavy atom. The number of hydrogen-bond acceptors (Lipinski definition) is 3. The molecule has 0 fully saturated rings. The van der Waals surface area contributed by atoms with Crippen LogP contribution in [0.25, 0.3) is 0 Å². The second-order valence-corrected chi connectivity index (χ2v) is 7.26. The number of halogens is 2. The average Bonchev–Trinajstić information content (AvgIpc) is 3.01. The maximum Gasteiger partial charge on any atom is 0.268 e. The summed E-state index contributed by atoms with van der Waals surface area (Å²) in [7, 11) is 0. The van der Waals surface area contributed by atoms with Crippen LogP contribution < -0.4 is 11.1 Å². The van der Waals surface area contributed by atoms with Crippen LogP contribution in [0.5, 0.6) is 5.75 Å². The third-order valence-corrected chi connectivity index (χ3v) is 5.03. The van der Waals surface area contributed by atoms with Crippen LogP contribution in [0.1, 0.15) is 34.0 Å². The lowest BCUT2D eigenvalue weighted by Crippen LogP contribution is -2.20. The number of nitrogens with one attached hydrogen (secondary N) is 4. The Morgan fingerprint density at radius 3 is 1.83 bits per heavy atom. The Morgan fingerprint density at radius 1 is 0.917 bits per heavy atom. The first kappa shape index (κ1) is 16.8. The van der Waals surface area contributed by atoms with E-state index in [2.05, 4.69) is 52.3 Å². The molecule has 0 saturated carbocycles. The number of H-pyrrole nitrogens is 4. The highest BCUT2D eigenvalue weighted by Gasteiger charge is 2.30. The van der Waals surface area contributed by atoms with Gasteiger partial charge in [-0.3, -0.25) is 19.8 Å². The quantitative estimate of drug-likeness (QED) is 0.416. The normalized spacial score (nSPS) is 11.4. The number of hydrogen-bond donors (Lipinski definition) is 5. The molecule has 3 rings (SSSR count). The molecule has 0 aliphatic heterocycles. The molecule has 126 valence electrons. The maximum absolute atomic E-state index is 12.3. The van der Waals surface area contributed by atoms with Crippen LogP contribution in [0.3, 0.4) is 0 Å². The van der Waals surface area contributed by atoms with Gasteiger partial charge in [0, 0.05) is 21.4 Å². The SMILES string of the molecule is Cc1[nH][nH]c(=O)c1C(c1cc(Br)cc(Br)c1O)c1c(C)[nH][nH]c1=O. The molecular weight excluding hydrogens is 444 g/mol. The van der Waals surface area contributed by atoms with Gasteiger partial charge in [0.1, 0.15) is 5.75 Å². The van der Waals surface area contributed by atoms with E-state index in [0.717, 1.165) is 0 Å². The fourth-order valence-corrected chi connectivity index (χ4v) is 4.13. The zero-order valence-electron chi connectivity index (χ0n) is 12.8. The van der Waals surface area contributed by atoms with E-state index in [0.29, 0.717) is 37.0 Å². The van der Waals surface area contributed by atoms with Crippen molar-refractivity contribution in [2.75, 3.05) is 0 Å².